The predicted molar refractivity (Wildman–Crippen MR) is 66.5 cm³/mol. The van der Waals surface area contributed by atoms with Crippen LogP contribution in [0.4, 0.5) is 0 Å². The number of hydrogen-bond acceptors (Lipinski definition) is 3. The van der Waals surface area contributed by atoms with Gasteiger partial charge >= 0.3 is 0 Å². The van der Waals surface area contributed by atoms with E-state index in [0.717, 1.165) is 19.6 Å². The molecular weight excluding hydrogens is 202 g/mol. The van der Waals surface area contributed by atoms with Crippen molar-refractivity contribution in [2.75, 3.05) is 34.0 Å². The average molecular weight is 225 g/mol. The minimum Gasteiger partial charge on any atom is -0.383 e. The molecule has 0 saturated carbocycles. The van der Waals surface area contributed by atoms with E-state index in [4.69, 9.17) is 9.47 Å². The first kappa shape index (κ1) is 13.4. The number of methoxy groups -OCH3 is 2. The van der Waals surface area contributed by atoms with Gasteiger partial charge in [0.25, 0.3) is 0 Å². The first-order valence-corrected chi connectivity index (χ1v) is 5.76. The van der Waals surface area contributed by atoms with Gasteiger partial charge in [0.1, 0.15) is 0 Å². The third-order valence-corrected chi connectivity index (χ3v) is 3.15. The highest BCUT2D eigenvalue weighted by Gasteiger charge is 2.26. The van der Waals surface area contributed by atoms with E-state index in [1.165, 1.54) is 11.1 Å². The molecule has 0 spiro atoms. The Morgan fingerprint density at radius 2 is 2.19 bits per heavy atom. The Morgan fingerprint density at radius 3 is 2.81 bits per heavy atom. The van der Waals surface area contributed by atoms with Crippen LogP contribution in [-0.4, -0.2) is 40.0 Å². The quantitative estimate of drug-likeness (QED) is 0.699. The summed E-state index contributed by atoms with van der Waals surface area (Å²) >= 11 is 0. The van der Waals surface area contributed by atoms with Crippen LogP contribution in [0.2, 0.25) is 0 Å². The van der Waals surface area contributed by atoms with Crippen molar-refractivity contribution in [3.05, 3.63) is 23.8 Å². The number of allylic oxidation sites excluding steroid dienone is 1. The molecule has 3 nitrogen and oxygen atoms in total. The summed E-state index contributed by atoms with van der Waals surface area (Å²) in [7, 11) is 3.45. The molecule has 0 bridgehead atoms. The van der Waals surface area contributed by atoms with Gasteiger partial charge < -0.3 is 14.8 Å². The van der Waals surface area contributed by atoms with E-state index in [2.05, 4.69) is 24.9 Å². The number of rotatable bonds is 6. The first-order valence-electron chi connectivity index (χ1n) is 5.76. The fourth-order valence-electron chi connectivity index (χ4n) is 2.07. The van der Waals surface area contributed by atoms with Gasteiger partial charge in [-0.1, -0.05) is 12.7 Å². The van der Waals surface area contributed by atoms with Crippen molar-refractivity contribution >= 4 is 0 Å². The van der Waals surface area contributed by atoms with E-state index < -0.39 is 0 Å². The van der Waals surface area contributed by atoms with Crippen molar-refractivity contribution in [2.24, 2.45) is 5.92 Å². The van der Waals surface area contributed by atoms with Crippen LogP contribution in [0.5, 0.6) is 0 Å². The molecule has 0 aliphatic carbocycles. The molecule has 2 unspecified atom stereocenters. The number of ether oxygens (including phenoxy) is 2. The first-order chi connectivity index (χ1) is 7.69. The Bertz CT molecular complexity index is 261. The molecule has 1 aliphatic rings. The monoisotopic (exact) mass is 225 g/mol. The second-order valence-electron chi connectivity index (χ2n) is 4.36. The van der Waals surface area contributed by atoms with Crippen LogP contribution in [0.15, 0.2) is 23.8 Å². The molecule has 1 fully saturated rings. The Balaban J connectivity index is 2.44. The molecule has 2 atom stereocenters. The lowest BCUT2D eigenvalue weighted by molar-refractivity contribution is 0.173. The minimum atomic E-state index is 0.474. The fourth-order valence-corrected chi connectivity index (χ4v) is 2.07. The van der Waals surface area contributed by atoms with Crippen LogP contribution in [0.3, 0.4) is 0 Å². The van der Waals surface area contributed by atoms with E-state index >= 15 is 0 Å². The maximum absolute atomic E-state index is 5.15. The molecule has 0 aromatic heterocycles. The second kappa shape index (κ2) is 6.84. The Hall–Kier alpha value is -0.640. The van der Waals surface area contributed by atoms with Crippen molar-refractivity contribution in [3.8, 4) is 0 Å². The van der Waals surface area contributed by atoms with Gasteiger partial charge in [0.15, 0.2) is 0 Å². The van der Waals surface area contributed by atoms with Crippen LogP contribution < -0.4 is 5.32 Å². The SMILES string of the molecule is C=C(/C(C)=C/COC)C1CNC(COC)C1. The zero-order chi connectivity index (χ0) is 12.0. The molecular formula is C13H23NO2. The summed E-state index contributed by atoms with van der Waals surface area (Å²) in [6, 6.07) is 0.474. The van der Waals surface area contributed by atoms with E-state index in [0.29, 0.717) is 18.6 Å². The highest BCUT2D eigenvalue weighted by molar-refractivity contribution is 5.29. The molecule has 0 aromatic rings. The number of hydrogen-bond donors (Lipinski definition) is 1. The summed E-state index contributed by atoms with van der Waals surface area (Å²) in [5.41, 5.74) is 2.47. The van der Waals surface area contributed by atoms with Crippen LogP contribution in [0.25, 0.3) is 0 Å². The smallest absolute Gasteiger partial charge is 0.0649 e. The number of nitrogens with one attached hydrogen (secondary N) is 1. The zero-order valence-electron chi connectivity index (χ0n) is 10.6. The molecule has 1 aliphatic heterocycles. The minimum absolute atomic E-state index is 0.474. The highest BCUT2D eigenvalue weighted by Crippen LogP contribution is 2.26. The zero-order valence-corrected chi connectivity index (χ0v) is 10.6. The summed E-state index contributed by atoms with van der Waals surface area (Å²) in [5.74, 6) is 0.535. The normalized spacial score (nSPS) is 26.1. The van der Waals surface area contributed by atoms with Crippen LogP contribution in [0, 0.1) is 5.92 Å². The van der Waals surface area contributed by atoms with Crippen LogP contribution in [-0.2, 0) is 9.47 Å². The molecule has 1 saturated heterocycles. The summed E-state index contributed by atoms with van der Waals surface area (Å²) < 4.78 is 10.2. The molecule has 1 rings (SSSR count). The van der Waals surface area contributed by atoms with Gasteiger partial charge in [-0.2, -0.15) is 0 Å². The van der Waals surface area contributed by atoms with Gasteiger partial charge in [-0.15, -0.1) is 0 Å². The molecule has 0 aromatic carbocycles. The molecule has 16 heavy (non-hydrogen) atoms. The Morgan fingerprint density at radius 1 is 1.44 bits per heavy atom. The van der Waals surface area contributed by atoms with Gasteiger partial charge in [-0.3, -0.25) is 0 Å². The standard InChI is InChI=1S/C13H23NO2/c1-10(5-6-15-3)11(2)12-7-13(9-16-4)14-8-12/h5,12-14H,2,6-9H2,1,3-4H3/b10-5+. The second-order valence-corrected chi connectivity index (χ2v) is 4.36. The van der Waals surface area contributed by atoms with E-state index in [1.54, 1.807) is 14.2 Å². The summed E-state index contributed by atoms with van der Waals surface area (Å²) in [6.07, 6.45) is 3.21. The van der Waals surface area contributed by atoms with Gasteiger partial charge in [0, 0.05) is 26.8 Å². The predicted octanol–water partition coefficient (Wildman–Crippen LogP) is 1.76. The Labute approximate surface area is 98.5 Å². The third-order valence-electron chi connectivity index (χ3n) is 3.15. The summed E-state index contributed by atoms with van der Waals surface area (Å²) in [4.78, 5) is 0. The van der Waals surface area contributed by atoms with Crippen molar-refractivity contribution in [1.82, 2.24) is 5.32 Å². The highest BCUT2D eigenvalue weighted by atomic mass is 16.5. The molecule has 92 valence electrons. The molecule has 3 heteroatoms. The maximum Gasteiger partial charge on any atom is 0.0649 e. The molecule has 0 amide bonds. The third kappa shape index (κ3) is 3.74. The van der Waals surface area contributed by atoms with Gasteiger partial charge in [-0.05, 0) is 30.4 Å². The van der Waals surface area contributed by atoms with Crippen molar-refractivity contribution < 1.29 is 9.47 Å². The summed E-state index contributed by atoms with van der Waals surface area (Å²) in [5, 5.41) is 3.46. The van der Waals surface area contributed by atoms with Crippen LogP contribution >= 0.6 is 0 Å². The summed E-state index contributed by atoms with van der Waals surface area (Å²) in [6.45, 7) is 8.73. The van der Waals surface area contributed by atoms with E-state index in [-0.39, 0.29) is 0 Å². The molecule has 1 heterocycles. The van der Waals surface area contributed by atoms with Crippen molar-refractivity contribution in [2.45, 2.75) is 19.4 Å². The average Bonchev–Trinajstić information content (AvgIpc) is 2.74. The molecule has 0 radical (unpaired) electrons. The van der Waals surface area contributed by atoms with E-state index in [9.17, 15) is 0 Å². The van der Waals surface area contributed by atoms with E-state index in [1.807, 2.05) is 0 Å². The van der Waals surface area contributed by atoms with Gasteiger partial charge in [-0.25, -0.2) is 0 Å². The van der Waals surface area contributed by atoms with Crippen LogP contribution in [0.1, 0.15) is 13.3 Å². The topological polar surface area (TPSA) is 30.5 Å². The lowest BCUT2D eigenvalue weighted by Crippen LogP contribution is -2.25. The van der Waals surface area contributed by atoms with Crippen molar-refractivity contribution in [3.63, 3.8) is 0 Å². The molecule has 1 N–H and O–H groups in total. The van der Waals surface area contributed by atoms with Gasteiger partial charge in [0.05, 0.1) is 13.2 Å². The lowest BCUT2D eigenvalue weighted by atomic mass is 9.92. The van der Waals surface area contributed by atoms with Gasteiger partial charge in [0.2, 0.25) is 0 Å². The lowest BCUT2D eigenvalue weighted by Gasteiger charge is -2.13. The maximum atomic E-state index is 5.15. The largest absolute Gasteiger partial charge is 0.383 e. The fraction of sp³-hybridized carbons (Fsp3) is 0.692. The Kier molecular flexibility index (Phi) is 5.74. The van der Waals surface area contributed by atoms with Crippen molar-refractivity contribution in [1.29, 1.82) is 0 Å².